The fraction of sp³-hybridized carbons (Fsp3) is 0.583. The Morgan fingerprint density at radius 1 is 1.27 bits per heavy atom. The molecule has 0 aliphatic heterocycles. The van der Waals surface area contributed by atoms with E-state index in [9.17, 15) is 5.11 Å². The molecule has 1 heterocycles. The van der Waals surface area contributed by atoms with Gasteiger partial charge in [-0.1, -0.05) is 26.8 Å². The molecule has 1 aromatic heterocycles. The van der Waals surface area contributed by atoms with Crippen LogP contribution in [0, 0.1) is 5.92 Å². The molecule has 2 nitrogen and oxygen atoms in total. The Bertz CT molecular complexity index is 312. The number of hydrogen-bond acceptors (Lipinski definition) is 3. The molecule has 1 unspecified atom stereocenters. The summed E-state index contributed by atoms with van der Waals surface area (Å²) in [4.78, 5) is 4.33. The van der Waals surface area contributed by atoms with Gasteiger partial charge in [-0.15, -0.1) is 11.8 Å². The van der Waals surface area contributed by atoms with E-state index in [1.807, 2.05) is 12.1 Å². The lowest BCUT2D eigenvalue weighted by Gasteiger charge is -2.17. The van der Waals surface area contributed by atoms with Crippen LogP contribution in [0.5, 0.6) is 0 Å². The monoisotopic (exact) mass is 225 g/mol. The second-order valence-electron chi connectivity index (χ2n) is 4.14. The molecule has 0 aliphatic rings. The quantitative estimate of drug-likeness (QED) is 0.798. The van der Waals surface area contributed by atoms with Crippen LogP contribution in [-0.2, 0) is 0 Å². The Morgan fingerprint density at radius 3 is 2.47 bits per heavy atom. The molecule has 84 valence electrons. The van der Waals surface area contributed by atoms with Crippen LogP contribution in [0.3, 0.4) is 0 Å². The molecule has 0 amide bonds. The molecule has 3 heteroatoms. The van der Waals surface area contributed by atoms with Crippen LogP contribution in [-0.4, -0.2) is 15.3 Å². The summed E-state index contributed by atoms with van der Waals surface area (Å²) in [6.45, 7) is 8.36. The van der Waals surface area contributed by atoms with Gasteiger partial charge in [0.1, 0.15) is 5.03 Å². The van der Waals surface area contributed by atoms with Crippen LogP contribution in [0.2, 0.25) is 0 Å². The Kier molecular flexibility index (Phi) is 4.61. The summed E-state index contributed by atoms with van der Waals surface area (Å²) >= 11 is 1.74. The minimum Gasteiger partial charge on any atom is -0.389 e. The molecule has 15 heavy (non-hydrogen) atoms. The van der Waals surface area contributed by atoms with Gasteiger partial charge in [0.15, 0.2) is 0 Å². The van der Waals surface area contributed by atoms with Gasteiger partial charge in [0.05, 0.1) is 6.10 Å². The van der Waals surface area contributed by atoms with Gasteiger partial charge >= 0.3 is 0 Å². The molecule has 2 atom stereocenters. The Labute approximate surface area is 96.1 Å². The summed E-state index contributed by atoms with van der Waals surface area (Å²) in [5.74, 6) is 0.610. The van der Waals surface area contributed by atoms with Crippen molar-refractivity contribution >= 4 is 11.8 Å². The first-order valence-corrected chi connectivity index (χ1v) is 6.20. The average Bonchev–Trinajstić information content (AvgIpc) is 2.18. The topological polar surface area (TPSA) is 33.1 Å². The van der Waals surface area contributed by atoms with Gasteiger partial charge in [-0.05, 0) is 18.9 Å². The van der Waals surface area contributed by atoms with E-state index in [4.69, 9.17) is 0 Å². The molecule has 0 aliphatic carbocycles. The molecule has 1 rings (SSSR count). The summed E-state index contributed by atoms with van der Waals surface area (Å²) in [5.41, 5.74) is 0.926. The minimum atomic E-state index is -0.444. The van der Waals surface area contributed by atoms with Crippen molar-refractivity contribution in [3.63, 3.8) is 0 Å². The predicted molar refractivity (Wildman–Crippen MR) is 65.0 cm³/mol. The maximum absolute atomic E-state index is 9.60. The number of aromatic nitrogens is 1. The van der Waals surface area contributed by atoms with Crippen molar-refractivity contribution in [2.45, 2.75) is 44.1 Å². The van der Waals surface area contributed by atoms with Crippen LogP contribution in [0.25, 0.3) is 0 Å². The lowest BCUT2D eigenvalue weighted by atomic mass is 10.2. The average molecular weight is 225 g/mol. The van der Waals surface area contributed by atoms with E-state index in [1.54, 1.807) is 24.9 Å². The van der Waals surface area contributed by atoms with Crippen LogP contribution in [0.1, 0.15) is 39.4 Å². The fourth-order valence-corrected chi connectivity index (χ4v) is 2.25. The van der Waals surface area contributed by atoms with E-state index in [2.05, 4.69) is 25.8 Å². The van der Waals surface area contributed by atoms with Crippen LogP contribution in [0.15, 0.2) is 23.4 Å². The molecule has 0 fully saturated rings. The molecule has 1 N–H and O–H groups in total. The highest BCUT2D eigenvalue weighted by atomic mass is 32.2. The number of thioether (sulfide) groups is 1. The third-order valence-corrected chi connectivity index (χ3v) is 3.97. The van der Waals surface area contributed by atoms with Gasteiger partial charge in [0, 0.05) is 17.0 Å². The molecule has 1 aromatic rings. The molecule has 0 aromatic carbocycles. The minimum absolute atomic E-state index is 0.444. The molecule has 0 saturated heterocycles. The Hall–Kier alpha value is -0.540. The zero-order valence-electron chi connectivity index (χ0n) is 9.77. The number of nitrogens with zero attached hydrogens (tertiary/aromatic N) is 1. The number of pyridine rings is 1. The number of aliphatic hydroxyl groups excluding tert-OH is 1. The Morgan fingerprint density at radius 2 is 1.93 bits per heavy atom. The molecule has 0 radical (unpaired) electrons. The van der Waals surface area contributed by atoms with Crippen molar-refractivity contribution in [2.24, 2.45) is 5.92 Å². The first kappa shape index (κ1) is 12.5. The lowest BCUT2D eigenvalue weighted by Crippen LogP contribution is -2.07. The third-order valence-electron chi connectivity index (χ3n) is 2.49. The van der Waals surface area contributed by atoms with Crippen LogP contribution < -0.4 is 0 Å². The zero-order valence-corrected chi connectivity index (χ0v) is 10.6. The summed E-state index contributed by atoms with van der Waals surface area (Å²) < 4.78 is 0. The van der Waals surface area contributed by atoms with E-state index in [0.29, 0.717) is 11.2 Å². The second kappa shape index (κ2) is 5.52. The zero-order chi connectivity index (χ0) is 11.4. The number of aliphatic hydroxyl groups is 1. The standard InChI is InChI=1S/C12H19NOS/c1-8(2)10(4)15-12-11(9(3)14)6-5-7-13-12/h5-10,14H,1-4H3/t9-,10?/m0/s1. The van der Waals surface area contributed by atoms with Crippen LogP contribution in [0.4, 0.5) is 0 Å². The molecular formula is C12H19NOS. The van der Waals surface area contributed by atoms with Crippen molar-refractivity contribution in [1.82, 2.24) is 4.98 Å². The normalized spacial score (nSPS) is 15.3. The third kappa shape index (κ3) is 3.50. The second-order valence-corrected chi connectivity index (χ2v) is 5.51. The van der Waals surface area contributed by atoms with Gasteiger partial charge in [0.2, 0.25) is 0 Å². The maximum Gasteiger partial charge on any atom is 0.102 e. The van der Waals surface area contributed by atoms with Gasteiger partial charge in [-0.25, -0.2) is 4.98 Å². The van der Waals surface area contributed by atoms with Crippen molar-refractivity contribution in [2.75, 3.05) is 0 Å². The smallest absolute Gasteiger partial charge is 0.102 e. The van der Waals surface area contributed by atoms with Crippen molar-refractivity contribution in [1.29, 1.82) is 0 Å². The van der Waals surface area contributed by atoms with Gasteiger partial charge < -0.3 is 5.11 Å². The molecule has 0 bridgehead atoms. The van der Waals surface area contributed by atoms with Gasteiger partial charge in [-0.2, -0.15) is 0 Å². The largest absolute Gasteiger partial charge is 0.389 e. The van der Waals surface area contributed by atoms with E-state index in [0.717, 1.165) is 10.6 Å². The summed E-state index contributed by atoms with van der Waals surface area (Å²) in [6.07, 6.45) is 1.34. The SMILES string of the molecule is CC(C)C(C)Sc1ncccc1[C@H](C)O. The van der Waals surface area contributed by atoms with Crippen molar-refractivity contribution in [3.05, 3.63) is 23.9 Å². The lowest BCUT2D eigenvalue weighted by molar-refractivity contribution is 0.195. The van der Waals surface area contributed by atoms with E-state index >= 15 is 0 Å². The molecular weight excluding hydrogens is 206 g/mol. The first-order valence-electron chi connectivity index (χ1n) is 5.32. The van der Waals surface area contributed by atoms with E-state index in [-0.39, 0.29) is 0 Å². The number of rotatable bonds is 4. The summed E-state index contributed by atoms with van der Waals surface area (Å²) in [5, 5.41) is 11.1. The number of hydrogen-bond donors (Lipinski definition) is 1. The highest BCUT2D eigenvalue weighted by molar-refractivity contribution is 7.99. The Balaban J connectivity index is 2.84. The first-order chi connectivity index (χ1) is 7.02. The molecule has 0 spiro atoms. The fourth-order valence-electron chi connectivity index (χ4n) is 1.13. The van der Waals surface area contributed by atoms with Crippen LogP contribution >= 0.6 is 11.8 Å². The predicted octanol–water partition coefficient (Wildman–Crippen LogP) is 3.27. The van der Waals surface area contributed by atoms with Gasteiger partial charge in [0.25, 0.3) is 0 Å². The van der Waals surface area contributed by atoms with Crippen molar-refractivity contribution < 1.29 is 5.11 Å². The highest BCUT2D eigenvalue weighted by Crippen LogP contribution is 2.31. The van der Waals surface area contributed by atoms with E-state index in [1.165, 1.54) is 0 Å². The van der Waals surface area contributed by atoms with Crippen molar-refractivity contribution in [3.8, 4) is 0 Å². The highest BCUT2D eigenvalue weighted by Gasteiger charge is 2.14. The summed E-state index contributed by atoms with van der Waals surface area (Å²) in [7, 11) is 0. The maximum atomic E-state index is 9.60. The molecule has 0 saturated carbocycles. The van der Waals surface area contributed by atoms with Gasteiger partial charge in [-0.3, -0.25) is 0 Å². The summed E-state index contributed by atoms with van der Waals surface area (Å²) in [6, 6.07) is 3.80. The van der Waals surface area contributed by atoms with E-state index < -0.39 is 6.10 Å².